The van der Waals surface area contributed by atoms with E-state index in [1.54, 1.807) is 41.2 Å². The van der Waals surface area contributed by atoms with Gasteiger partial charge in [0.25, 0.3) is 5.91 Å². The fourth-order valence-electron chi connectivity index (χ4n) is 2.96. The van der Waals surface area contributed by atoms with Crippen molar-refractivity contribution in [2.45, 2.75) is 26.6 Å². The minimum Gasteiger partial charge on any atom is -0.486 e. The van der Waals surface area contributed by atoms with E-state index >= 15 is 0 Å². The number of aromatic nitrogens is 2. The molecule has 1 amide bonds. The number of benzene rings is 1. The van der Waals surface area contributed by atoms with Gasteiger partial charge in [-0.3, -0.25) is 14.4 Å². The van der Waals surface area contributed by atoms with Crippen LogP contribution in [0.2, 0.25) is 5.02 Å². The maximum Gasteiger partial charge on any atom is 0.276 e. The van der Waals surface area contributed by atoms with Gasteiger partial charge in [-0.2, -0.15) is 5.10 Å². The smallest absolute Gasteiger partial charge is 0.276 e. The number of carbonyl (C=O) groups excluding carboxylic acids is 1. The Morgan fingerprint density at radius 2 is 2.20 bits per heavy atom. The van der Waals surface area contributed by atoms with Gasteiger partial charge in [0.05, 0.1) is 12.7 Å². The highest BCUT2D eigenvalue weighted by molar-refractivity contribution is 7.80. The lowest BCUT2D eigenvalue weighted by Crippen LogP contribution is -2.29. The van der Waals surface area contributed by atoms with Crippen LogP contribution in [-0.4, -0.2) is 25.7 Å². The molecule has 30 heavy (non-hydrogen) atoms. The zero-order valence-corrected chi connectivity index (χ0v) is 17.7. The van der Waals surface area contributed by atoms with Crippen LogP contribution < -0.4 is 10.1 Å². The van der Waals surface area contributed by atoms with Gasteiger partial charge in [0.1, 0.15) is 29.6 Å². The van der Waals surface area contributed by atoms with Crippen molar-refractivity contribution in [3.8, 4) is 5.75 Å². The highest BCUT2D eigenvalue weighted by Gasteiger charge is 2.31. The van der Waals surface area contributed by atoms with Crippen molar-refractivity contribution in [1.82, 2.24) is 20.0 Å². The first kappa shape index (κ1) is 20.2. The van der Waals surface area contributed by atoms with Crippen LogP contribution in [0.5, 0.6) is 5.75 Å². The van der Waals surface area contributed by atoms with Gasteiger partial charge in [-0.25, -0.2) is 0 Å². The number of hydrogen-bond donors (Lipinski definition) is 1. The molecule has 0 saturated carbocycles. The number of ether oxygens (including phenoxy) is 1. The molecule has 3 heterocycles. The van der Waals surface area contributed by atoms with Crippen molar-refractivity contribution in [2.24, 2.45) is 0 Å². The lowest BCUT2D eigenvalue weighted by atomic mass is 10.3. The van der Waals surface area contributed by atoms with Crippen LogP contribution in [0.1, 0.15) is 24.0 Å². The molecule has 9 heteroatoms. The number of carbonyl (C=O) groups is 1. The molecular formula is C21H19ClN4O3S. The quantitative estimate of drug-likeness (QED) is 0.440. The molecule has 0 radical (unpaired) electrons. The SMILES string of the molecule is CCn1cc(CN2C(=O)/C(=C\c3ccc(COc4cccc(Cl)c4)o3)NC2=S)cn1. The third-order valence-corrected chi connectivity index (χ3v) is 5.02. The molecule has 7 nitrogen and oxygen atoms in total. The minimum absolute atomic E-state index is 0.211. The first-order chi connectivity index (χ1) is 14.5. The molecule has 1 saturated heterocycles. The number of amides is 1. The molecule has 3 aromatic rings. The summed E-state index contributed by atoms with van der Waals surface area (Å²) >= 11 is 11.3. The lowest BCUT2D eigenvalue weighted by Gasteiger charge is -2.12. The maximum atomic E-state index is 12.8. The second kappa shape index (κ2) is 8.73. The summed E-state index contributed by atoms with van der Waals surface area (Å²) in [6.07, 6.45) is 5.27. The Hall–Kier alpha value is -3.10. The van der Waals surface area contributed by atoms with Crippen LogP contribution in [0.25, 0.3) is 6.08 Å². The van der Waals surface area contributed by atoms with Gasteiger partial charge in [0, 0.05) is 29.4 Å². The van der Waals surface area contributed by atoms with E-state index in [9.17, 15) is 4.79 Å². The standard InChI is InChI=1S/C21H19ClN4O3S/c1-2-25-11-14(10-23-25)12-26-20(27)19(24-21(26)30)9-17-6-7-18(29-17)13-28-16-5-3-4-15(22)8-16/h3-11H,2,12-13H2,1H3,(H,24,30)/b19-9+. The number of nitrogens with zero attached hydrogens (tertiary/aromatic N) is 3. The second-order valence-electron chi connectivity index (χ2n) is 6.63. The molecule has 1 aliphatic rings. The summed E-state index contributed by atoms with van der Waals surface area (Å²) in [5, 5.41) is 8.13. The zero-order valence-electron chi connectivity index (χ0n) is 16.2. The lowest BCUT2D eigenvalue weighted by molar-refractivity contribution is -0.122. The normalized spacial score (nSPS) is 15.1. The average Bonchev–Trinajstić information content (AvgIpc) is 3.44. The van der Waals surface area contributed by atoms with E-state index in [1.165, 1.54) is 4.90 Å². The van der Waals surface area contributed by atoms with E-state index in [1.807, 2.05) is 25.3 Å². The number of hydrogen-bond acceptors (Lipinski definition) is 5. The molecule has 154 valence electrons. The molecule has 0 spiro atoms. The monoisotopic (exact) mass is 442 g/mol. The Labute approximate surface area is 183 Å². The van der Waals surface area contributed by atoms with E-state index in [0.717, 1.165) is 12.1 Å². The van der Waals surface area contributed by atoms with Gasteiger partial charge in [-0.05, 0) is 49.5 Å². The zero-order chi connectivity index (χ0) is 21.1. The molecular weight excluding hydrogens is 424 g/mol. The fourth-order valence-corrected chi connectivity index (χ4v) is 3.40. The van der Waals surface area contributed by atoms with E-state index in [2.05, 4.69) is 10.4 Å². The summed E-state index contributed by atoms with van der Waals surface area (Å²) in [5.74, 6) is 1.59. The number of furan rings is 1. The van der Waals surface area contributed by atoms with Crippen molar-refractivity contribution in [1.29, 1.82) is 0 Å². The van der Waals surface area contributed by atoms with Crippen LogP contribution in [0, 0.1) is 0 Å². The van der Waals surface area contributed by atoms with Crippen molar-refractivity contribution in [3.05, 3.63) is 76.6 Å². The predicted octanol–water partition coefficient (Wildman–Crippen LogP) is 3.99. The van der Waals surface area contributed by atoms with Gasteiger partial charge in [0.15, 0.2) is 5.11 Å². The maximum absolute atomic E-state index is 12.8. The van der Waals surface area contributed by atoms with Crippen molar-refractivity contribution in [2.75, 3.05) is 0 Å². The first-order valence-corrected chi connectivity index (χ1v) is 10.1. The average molecular weight is 443 g/mol. The predicted molar refractivity (Wildman–Crippen MR) is 117 cm³/mol. The summed E-state index contributed by atoms with van der Waals surface area (Å²) in [5.41, 5.74) is 1.27. The summed E-state index contributed by atoms with van der Waals surface area (Å²) in [7, 11) is 0. The van der Waals surface area contributed by atoms with Gasteiger partial charge in [0.2, 0.25) is 0 Å². The van der Waals surface area contributed by atoms with Gasteiger partial charge < -0.3 is 14.5 Å². The highest BCUT2D eigenvalue weighted by atomic mass is 35.5. The van der Waals surface area contributed by atoms with Gasteiger partial charge >= 0.3 is 0 Å². The molecule has 0 aliphatic carbocycles. The highest BCUT2D eigenvalue weighted by Crippen LogP contribution is 2.21. The van der Waals surface area contributed by atoms with Gasteiger partial charge in [-0.15, -0.1) is 0 Å². The Morgan fingerprint density at radius 1 is 1.33 bits per heavy atom. The van der Waals surface area contributed by atoms with Crippen LogP contribution >= 0.6 is 23.8 Å². The van der Waals surface area contributed by atoms with E-state index < -0.39 is 0 Å². The van der Waals surface area contributed by atoms with Crippen molar-refractivity contribution in [3.63, 3.8) is 0 Å². The van der Waals surface area contributed by atoms with E-state index in [4.69, 9.17) is 33.0 Å². The van der Waals surface area contributed by atoms with Gasteiger partial charge in [-0.1, -0.05) is 17.7 Å². The number of halogens is 1. The minimum atomic E-state index is -0.211. The Morgan fingerprint density at radius 3 is 2.97 bits per heavy atom. The van der Waals surface area contributed by atoms with E-state index in [0.29, 0.717) is 39.6 Å². The topological polar surface area (TPSA) is 72.5 Å². The molecule has 1 aromatic carbocycles. The molecule has 0 unspecified atom stereocenters. The molecule has 4 rings (SSSR count). The Balaban J connectivity index is 1.41. The number of aryl methyl sites for hydroxylation is 1. The Bertz CT molecular complexity index is 1120. The first-order valence-electron chi connectivity index (χ1n) is 9.35. The Kier molecular flexibility index (Phi) is 5.87. The summed E-state index contributed by atoms with van der Waals surface area (Å²) in [6, 6.07) is 10.7. The fraction of sp³-hybridized carbons (Fsp3) is 0.190. The number of nitrogens with one attached hydrogen (secondary N) is 1. The third kappa shape index (κ3) is 4.55. The third-order valence-electron chi connectivity index (χ3n) is 4.46. The molecule has 1 N–H and O–H groups in total. The molecule has 1 aliphatic heterocycles. The molecule has 2 aromatic heterocycles. The second-order valence-corrected chi connectivity index (χ2v) is 7.46. The molecule has 0 atom stereocenters. The van der Waals surface area contributed by atoms with Crippen molar-refractivity contribution < 1.29 is 13.9 Å². The summed E-state index contributed by atoms with van der Waals surface area (Å²) in [4.78, 5) is 14.3. The molecule has 1 fully saturated rings. The molecule has 0 bridgehead atoms. The van der Waals surface area contributed by atoms with Crippen molar-refractivity contribution >= 4 is 40.9 Å². The summed E-state index contributed by atoms with van der Waals surface area (Å²) in [6.45, 7) is 3.38. The largest absolute Gasteiger partial charge is 0.486 e. The summed E-state index contributed by atoms with van der Waals surface area (Å²) < 4.78 is 13.2. The number of rotatable bonds is 7. The van der Waals surface area contributed by atoms with Crippen LogP contribution in [-0.2, 0) is 24.5 Å². The number of thiocarbonyl (C=S) groups is 1. The van der Waals surface area contributed by atoms with Crippen LogP contribution in [0.4, 0.5) is 0 Å². The van der Waals surface area contributed by atoms with Crippen LogP contribution in [0.15, 0.2) is 58.9 Å². The van der Waals surface area contributed by atoms with Crippen LogP contribution in [0.3, 0.4) is 0 Å². The van der Waals surface area contributed by atoms with E-state index in [-0.39, 0.29) is 12.5 Å².